The minimum Gasteiger partial charge on any atom is -0.359 e. The quantitative estimate of drug-likeness (QED) is 0.622. The number of ether oxygens (including phenoxy) is 2. The van der Waals surface area contributed by atoms with Gasteiger partial charge >= 0.3 is 36.0 Å². The molecule has 0 aromatic rings. The summed E-state index contributed by atoms with van der Waals surface area (Å²) in [6.07, 6.45) is -20.1. The molecular formula is C10H6F14O2. The summed E-state index contributed by atoms with van der Waals surface area (Å²) in [7, 11) is 0. The lowest BCUT2D eigenvalue weighted by atomic mass is 9.81. The Morgan fingerprint density at radius 2 is 0.769 bits per heavy atom. The third-order valence-corrected chi connectivity index (χ3v) is 3.07. The van der Waals surface area contributed by atoms with Crippen molar-refractivity contribution in [3.05, 3.63) is 0 Å². The number of alkyl halides is 14. The van der Waals surface area contributed by atoms with Crippen molar-refractivity contribution in [2.24, 2.45) is 0 Å². The Bertz CT molecular complexity index is 461. The highest BCUT2D eigenvalue weighted by atomic mass is 19.4. The molecule has 26 heavy (non-hydrogen) atoms. The van der Waals surface area contributed by atoms with Crippen molar-refractivity contribution >= 4 is 0 Å². The summed E-state index contributed by atoms with van der Waals surface area (Å²) in [5.74, 6) is -26.8. The largest absolute Gasteiger partial charge is 0.411 e. The van der Waals surface area contributed by atoms with E-state index in [0.29, 0.717) is 0 Å². The van der Waals surface area contributed by atoms with Crippen molar-refractivity contribution in [1.82, 2.24) is 0 Å². The van der Waals surface area contributed by atoms with Gasteiger partial charge in [-0.3, -0.25) is 0 Å². The second-order valence-electron chi connectivity index (χ2n) is 5.09. The minimum absolute atomic E-state index is 2.92. The maximum atomic E-state index is 13.5. The highest BCUT2D eigenvalue weighted by molar-refractivity contribution is 5.17. The van der Waals surface area contributed by atoms with Gasteiger partial charge in [0.1, 0.15) is 13.2 Å². The molecule has 0 radical (unpaired) electrons. The van der Waals surface area contributed by atoms with Crippen molar-refractivity contribution in [3.8, 4) is 0 Å². The number of rotatable bonds is 4. The van der Waals surface area contributed by atoms with E-state index in [0.717, 1.165) is 0 Å². The summed E-state index contributed by atoms with van der Waals surface area (Å²) in [5.41, 5.74) is 0. The lowest BCUT2D eigenvalue weighted by molar-refractivity contribution is -0.447. The summed E-state index contributed by atoms with van der Waals surface area (Å²) < 4.78 is 185. The lowest BCUT2D eigenvalue weighted by Crippen LogP contribution is -2.78. The maximum absolute atomic E-state index is 13.5. The van der Waals surface area contributed by atoms with Crippen LogP contribution in [0.25, 0.3) is 0 Å². The van der Waals surface area contributed by atoms with Crippen molar-refractivity contribution < 1.29 is 70.9 Å². The van der Waals surface area contributed by atoms with Crippen LogP contribution in [0, 0.1) is 0 Å². The van der Waals surface area contributed by atoms with E-state index in [9.17, 15) is 61.5 Å². The molecule has 0 spiro atoms. The van der Waals surface area contributed by atoms with Crippen LogP contribution in [-0.2, 0) is 9.47 Å². The Balaban J connectivity index is 3.40. The van der Waals surface area contributed by atoms with Gasteiger partial charge in [-0.1, -0.05) is 0 Å². The molecule has 2 atom stereocenters. The Hall–Kier alpha value is -1.06. The van der Waals surface area contributed by atoms with E-state index in [-0.39, 0.29) is 0 Å². The zero-order valence-electron chi connectivity index (χ0n) is 11.7. The molecule has 1 aliphatic carbocycles. The van der Waals surface area contributed by atoms with Crippen LogP contribution in [0.1, 0.15) is 0 Å². The van der Waals surface area contributed by atoms with E-state index in [4.69, 9.17) is 0 Å². The predicted octanol–water partition coefficient (Wildman–Crippen LogP) is 4.44. The molecule has 1 rings (SSSR count). The van der Waals surface area contributed by atoms with Crippen LogP contribution in [0.4, 0.5) is 61.5 Å². The molecule has 16 heteroatoms. The Labute approximate surface area is 134 Å². The molecule has 0 aromatic carbocycles. The van der Waals surface area contributed by atoms with Crippen molar-refractivity contribution in [3.63, 3.8) is 0 Å². The first-order valence-corrected chi connectivity index (χ1v) is 6.06. The van der Waals surface area contributed by atoms with Gasteiger partial charge in [0.25, 0.3) is 0 Å². The second-order valence-corrected chi connectivity index (χ2v) is 5.09. The van der Waals surface area contributed by atoms with Gasteiger partial charge in [-0.25, -0.2) is 0 Å². The highest BCUT2D eigenvalue weighted by Crippen LogP contribution is 2.61. The molecule has 0 amide bonds. The SMILES string of the molecule is FC(F)(F)CO[C@@H]1[C@H](OCC(F)(F)F)C(F)(F)C(F)(F)C(F)(F)C1(F)F. The van der Waals surface area contributed by atoms with Gasteiger partial charge in [0.05, 0.1) is 0 Å². The van der Waals surface area contributed by atoms with E-state index < -0.39 is 61.5 Å². The first kappa shape index (κ1) is 23.0. The van der Waals surface area contributed by atoms with Crippen molar-refractivity contribution in [2.45, 2.75) is 48.3 Å². The predicted molar refractivity (Wildman–Crippen MR) is 51.4 cm³/mol. The Morgan fingerprint density at radius 3 is 0.962 bits per heavy atom. The molecule has 0 N–H and O–H groups in total. The minimum atomic E-state index is -6.96. The summed E-state index contributed by atoms with van der Waals surface area (Å²) in [4.78, 5) is 0. The first-order chi connectivity index (χ1) is 11.2. The molecule has 0 heterocycles. The van der Waals surface area contributed by atoms with Gasteiger partial charge in [-0.15, -0.1) is 0 Å². The fourth-order valence-corrected chi connectivity index (χ4v) is 1.91. The molecule has 0 aliphatic heterocycles. The molecular weight excluding hydrogens is 418 g/mol. The smallest absolute Gasteiger partial charge is 0.359 e. The number of halogens is 14. The molecule has 156 valence electrons. The van der Waals surface area contributed by atoms with Crippen molar-refractivity contribution in [1.29, 1.82) is 0 Å². The highest BCUT2D eigenvalue weighted by Gasteiger charge is 2.90. The topological polar surface area (TPSA) is 18.5 Å². The lowest BCUT2D eigenvalue weighted by Gasteiger charge is -2.49. The van der Waals surface area contributed by atoms with Crippen LogP contribution in [-0.4, -0.2) is 61.5 Å². The third kappa shape index (κ3) is 3.80. The van der Waals surface area contributed by atoms with Gasteiger partial charge in [0.15, 0.2) is 12.2 Å². The van der Waals surface area contributed by atoms with Gasteiger partial charge < -0.3 is 9.47 Å². The van der Waals surface area contributed by atoms with Gasteiger partial charge in [-0.2, -0.15) is 61.5 Å². The van der Waals surface area contributed by atoms with E-state index >= 15 is 0 Å². The third-order valence-electron chi connectivity index (χ3n) is 3.07. The second kappa shape index (κ2) is 6.24. The van der Waals surface area contributed by atoms with Gasteiger partial charge in [-0.05, 0) is 0 Å². The van der Waals surface area contributed by atoms with Crippen molar-refractivity contribution in [2.75, 3.05) is 13.2 Å². The monoisotopic (exact) mass is 424 g/mol. The standard InChI is InChI=1S/C10H6F14O2/c11-5(12,13)1-25-3-4(26-2-6(14,15)16)8(19,20)10(23,24)9(21,22)7(3,17)18/h3-4H,1-2H2/t3-,4+. The molecule has 0 aromatic heterocycles. The fraction of sp³-hybridized carbons (Fsp3) is 1.00. The van der Waals surface area contributed by atoms with Crippen LogP contribution in [0.2, 0.25) is 0 Å². The Morgan fingerprint density at radius 1 is 0.538 bits per heavy atom. The number of hydrogen-bond acceptors (Lipinski definition) is 2. The van der Waals surface area contributed by atoms with Gasteiger partial charge in [0.2, 0.25) is 0 Å². The summed E-state index contributed by atoms with van der Waals surface area (Å²) in [5, 5.41) is 0. The Kier molecular flexibility index (Phi) is 5.51. The van der Waals surface area contributed by atoms with Gasteiger partial charge in [0, 0.05) is 0 Å². The average molecular weight is 424 g/mol. The zero-order valence-corrected chi connectivity index (χ0v) is 11.7. The normalized spacial score (nSPS) is 30.2. The van der Waals surface area contributed by atoms with E-state index in [1.165, 1.54) is 0 Å². The average Bonchev–Trinajstić information content (AvgIpc) is 2.37. The van der Waals surface area contributed by atoms with E-state index in [1.807, 2.05) is 0 Å². The van der Waals surface area contributed by atoms with Crippen LogP contribution in [0.15, 0.2) is 0 Å². The molecule has 1 saturated carbocycles. The maximum Gasteiger partial charge on any atom is 0.411 e. The van der Waals surface area contributed by atoms with E-state index in [1.54, 1.807) is 0 Å². The van der Waals surface area contributed by atoms with Crippen LogP contribution < -0.4 is 0 Å². The molecule has 1 aliphatic rings. The van der Waals surface area contributed by atoms with Crippen LogP contribution in [0.3, 0.4) is 0 Å². The summed E-state index contributed by atoms with van der Waals surface area (Å²) >= 11 is 0. The molecule has 0 bridgehead atoms. The molecule has 0 saturated heterocycles. The van der Waals surface area contributed by atoms with Crippen LogP contribution in [0.5, 0.6) is 0 Å². The van der Waals surface area contributed by atoms with E-state index in [2.05, 4.69) is 9.47 Å². The molecule has 0 unspecified atom stereocenters. The molecule has 1 fully saturated rings. The summed E-state index contributed by atoms with van der Waals surface area (Å²) in [6, 6.07) is 0. The summed E-state index contributed by atoms with van der Waals surface area (Å²) in [6.45, 7) is -5.84. The molecule has 2 nitrogen and oxygen atoms in total. The zero-order chi connectivity index (χ0) is 21.0. The number of hydrogen-bond donors (Lipinski definition) is 0. The fourth-order valence-electron chi connectivity index (χ4n) is 1.91. The first-order valence-electron chi connectivity index (χ1n) is 6.06. The van der Waals surface area contributed by atoms with Crippen LogP contribution >= 0.6 is 0 Å².